The highest BCUT2D eigenvalue weighted by atomic mass is 14.9. The van der Waals surface area contributed by atoms with Crippen molar-refractivity contribution in [3.8, 4) is 11.1 Å². The normalized spacial score (nSPS) is 19.4. The van der Waals surface area contributed by atoms with Gasteiger partial charge >= 0.3 is 0 Å². The minimum absolute atomic E-state index is 0.696. The molecule has 17 heavy (non-hydrogen) atoms. The predicted molar refractivity (Wildman–Crippen MR) is 69.9 cm³/mol. The molecular weight excluding hydrogens is 208 g/mol. The maximum absolute atomic E-state index is 4.04. The van der Waals surface area contributed by atoms with Gasteiger partial charge in [-0.2, -0.15) is 0 Å². The van der Waals surface area contributed by atoms with Gasteiger partial charge in [0.2, 0.25) is 0 Å². The first-order valence-corrected chi connectivity index (χ1v) is 6.14. The van der Waals surface area contributed by atoms with E-state index in [1.54, 1.807) is 0 Å². The van der Waals surface area contributed by atoms with Crippen molar-refractivity contribution in [1.29, 1.82) is 0 Å². The first kappa shape index (κ1) is 10.5. The smallest absolute Gasteiger partial charge is 0.0273 e. The summed E-state index contributed by atoms with van der Waals surface area (Å²) in [5.41, 5.74) is 3.95. The van der Waals surface area contributed by atoms with E-state index in [1.807, 2.05) is 24.5 Å². The van der Waals surface area contributed by atoms with E-state index in [2.05, 4.69) is 34.6 Å². The first-order valence-electron chi connectivity index (χ1n) is 6.14. The van der Waals surface area contributed by atoms with Gasteiger partial charge in [0.15, 0.2) is 0 Å². The fourth-order valence-corrected chi connectivity index (χ4v) is 2.43. The second kappa shape index (κ2) is 4.68. The molecule has 1 aliphatic rings. The molecule has 0 bridgehead atoms. The molecule has 1 aliphatic heterocycles. The maximum Gasteiger partial charge on any atom is 0.0273 e. The van der Waals surface area contributed by atoms with E-state index in [0.29, 0.717) is 5.92 Å². The fourth-order valence-electron chi connectivity index (χ4n) is 2.43. The minimum atomic E-state index is 0.696. The molecule has 0 saturated carbocycles. The molecule has 1 fully saturated rings. The molecule has 1 atom stereocenters. The van der Waals surface area contributed by atoms with Crippen LogP contribution in [0.25, 0.3) is 11.1 Å². The highest BCUT2D eigenvalue weighted by Crippen LogP contribution is 2.25. The van der Waals surface area contributed by atoms with Crippen LogP contribution in [0.1, 0.15) is 17.9 Å². The maximum atomic E-state index is 4.04. The molecule has 2 heteroatoms. The van der Waals surface area contributed by atoms with Gasteiger partial charge in [-0.05, 0) is 47.7 Å². The number of benzene rings is 1. The molecule has 1 aromatic heterocycles. The third-order valence-corrected chi connectivity index (χ3v) is 3.46. The van der Waals surface area contributed by atoms with E-state index < -0.39 is 0 Å². The zero-order valence-corrected chi connectivity index (χ0v) is 9.76. The Labute approximate surface area is 102 Å². The van der Waals surface area contributed by atoms with E-state index in [-0.39, 0.29) is 0 Å². The van der Waals surface area contributed by atoms with Gasteiger partial charge < -0.3 is 5.32 Å². The molecule has 1 aromatic carbocycles. The van der Waals surface area contributed by atoms with Gasteiger partial charge in [0.25, 0.3) is 0 Å². The van der Waals surface area contributed by atoms with Crippen molar-refractivity contribution in [3.63, 3.8) is 0 Å². The lowest BCUT2D eigenvalue weighted by Gasteiger charge is -2.09. The Bertz CT molecular complexity index is 470. The summed E-state index contributed by atoms with van der Waals surface area (Å²) in [6, 6.07) is 13.0. The van der Waals surface area contributed by atoms with Crippen LogP contribution in [0.4, 0.5) is 0 Å². The van der Waals surface area contributed by atoms with Gasteiger partial charge in [0, 0.05) is 18.9 Å². The molecule has 1 unspecified atom stereocenters. The standard InChI is InChI=1S/C15H16N2/c1-3-13(15-7-10-17-11-15)4-2-12(1)14-5-8-16-9-6-14/h1-6,8-9,15,17H,7,10-11H2. The Hall–Kier alpha value is -1.67. The Morgan fingerprint density at radius 1 is 0.941 bits per heavy atom. The van der Waals surface area contributed by atoms with Gasteiger partial charge in [-0.1, -0.05) is 24.3 Å². The summed E-state index contributed by atoms with van der Waals surface area (Å²) in [7, 11) is 0. The van der Waals surface area contributed by atoms with E-state index in [4.69, 9.17) is 0 Å². The molecule has 2 nitrogen and oxygen atoms in total. The summed E-state index contributed by atoms with van der Waals surface area (Å²) < 4.78 is 0. The number of hydrogen-bond acceptors (Lipinski definition) is 2. The van der Waals surface area contributed by atoms with Crippen molar-refractivity contribution < 1.29 is 0 Å². The van der Waals surface area contributed by atoms with Crippen LogP contribution in [0.3, 0.4) is 0 Å². The summed E-state index contributed by atoms with van der Waals surface area (Å²) in [5, 5.41) is 3.41. The van der Waals surface area contributed by atoms with Crippen molar-refractivity contribution >= 4 is 0 Å². The number of pyridine rings is 1. The largest absolute Gasteiger partial charge is 0.316 e. The van der Waals surface area contributed by atoms with Crippen LogP contribution in [0.15, 0.2) is 48.8 Å². The Morgan fingerprint density at radius 3 is 2.29 bits per heavy atom. The molecule has 3 rings (SSSR count). The number of hydrogen-bond donors (Lipinski definition) is 1. The molecular formula is C15H16N2. The zero-order valence-electron chi connectivity index (χ0n) is 9.76. The lowest BCUT2D eigenvalue weighted by molar-refractivity contribution is 0.763. The Balaban J connectivity index is 1.85. The molecule has 2 aromatic rings. The lowest BCUT2D eigenvalue weighted by Crippen LogP contribution is -2.07. The van der Waals surface area contributed by atoms with Crippen molar-refractivity contribution in [2.45, 2.75) is 12.3 Å². The summed E-state index contributed by atoms with van der Waals surface area (Å²) >= 11 is 0. The Kier molecular flexibility index (Phi) is 2.88. The number of aromatic nitrogens is 1. The minimum Gasteiger partial charge on any atom is -0.316 e. The number of nitrogens with zero attached hydrogens (tertiary/aromatic N) is 1. The Morgan fingerprint density at radius 2 is 1.65 bits per heavy atom. The molecule has 0 radical (unpaired) electrons. The van der Waals surface area contributed by atoms with E-state index >= 15 is 0 Å². The third kappa shape index (κ3) is 2.22. The molecule has 2 heterocycles. The molecule has 0 aliphatic carbocycles. The third-order valence-electron chi connectivity index (χ3n) is 3.46. The van der Waals surface area contributed by atoms with Crippen molar-refractivity contribution in [1.82, 2.24) is 10.3 Å². The van der Waals surface area contributed by atoms with Crippen LogP contribution in [0, 0.1) is 0 Å². The van der Waals surface area contributed by atoms with Crippen LogP contribution < -0.4 is 5.32 Å². The summed E-state index contributed by atoms with van der Waals surface area (Å²) in [5.74, 6) is 0.696. The van der Waals surface area contributed by atoms with Gasteiger partial charge in [-0.25, -0.2) is 0 Å². The molecule has 86 valence electrons. The van der Waals surface area contributed by atoms with Crippen LogP contribution >= 0.6 is 0 Å². The second-order valence-electron chi connectivity index (χ2n) is 4.55. The number of nitrogens with one attached hydrogen (secondary N) is 1. The van der Waals surface area contributed by atoms with Crippen LogP contribution in [0.2, 0.25) is 0 Å². The van der Waals surface area contributed by atoms with Crippen molar-refractivity contribution in [3.05, 3.63) is 54.4 Å². The average Bonchev–Trinajstić information content (AvgIpc) is 2.94. The quantitative estimate of drug-likeness (QED) is 0.848. The number of rotatable bonds is 2. The second-order valence-corrected chi connectivity index (χ2v) is 4.55. The van der Waals surface area contributed by atoms with E-state index in [0.717, 1.165) is 13.1 Å². The summed E-state index contributed by atoms with van der Waals surface area (Å²) in [4.78, 5) is 4.04. The fraction of sp³-hybridized carbons (Fsp3) is 0.267. The first-order chi connectivity index (χ1) is 8.43. The predicted octanol–water partition coefficient (Wildman–Crippen LogP) is 2.83. The van der Waals surface area contributed by atoms with E-state index in [9.17, 15) is 0 Å². The molecule has 1 saturated heterocycles. The van der Waals surface area contributed by atoms with Crippen LogP contribution in [0.5, 0.6) is 0 Å². The zero-order chi connectivity index (χ0) is 11.5. The average molecular weight is 224 g/mol. The van der Waals surface area contributed by atoms with Gasteiger partial charge in [-0.3, -0.25) is 4.98 Å². The van der Waals surface area contributed by atoms with Gasteiger partial charge in [0.05, 0.1) is 0 Å². The van der Waals surface area contributed by atoms with Gasteiger partial charge in [-0.15, -0.1) is 0 Å². The molecule has 0 amide bonds. The van der Waals surface area contributed by atoms with Crippen molar-refractivity contribution in [2.75, 3.05) is 13.1 Å². The van der Waals surface area contributed by atoms with Crippen LogP contribution in [-0.2, 0) is 0 Å². The lowest BCUT2D eigenvalue weighted by atomic mass is 9.96. The SMILES string of the molecule is c1cc(-c2ccc(C3CCNC3)cc2)ccn1. The van der Waals surface area contributed by atoms with Crippen molar-refractivity contribution in [2.24, 2.45) is 0 Å². The molecule has 1 N–H and O–H groups in total. The monoisotopic (exact) mass is 224 g/mol. The van der Waals surface area contributed by atoms with Crippen LogP contribution in [-0.4, -0.2) is 18.1 Å². The summed E-state index contributed by atoms with van der Waals surface area (Å²) in [6.45, 7) is 2.27. The topological polar surface area (TPSA) is 24.9 Å². The van der Waals surface area contributed by atoms with Gasteiger partial charge in [0.1, 0.15) is 0 Å². The summed E-state index contributed by atoms with van der Waals surface area (Å²) in [6.07, 6.45) is 4.93. The highest BCUT2D eigenvalue weighted by molar-refractivity contribution is 5.63. The van der Waals surface area contributed by atoms with E-state index in [1.165, 1.54) is 23.1 Å². The highest BCUT2D eigenvalue weighted by Gasteiger charge is 2.15. The molecule has 0 spiro atoms.